The molecule has 3 heteroatoms. The van der Waals surface area contributed by atoms with Crippen LogP contribution < -0.4 is 0 Å². The SMILES string of the molecule is CC(=CCCCCCCCCCCC[N+](C)(C)C)C(=O)O. The Morgan fingerprint density at radius 1 is 0.857 bits per heavy atom. The van der Waals surface area contributed by atoms with E-state index in [-0.39, 0.29) is 0 Å². The summed E-state index contributed by atoms with van der Waals surface area (Å²) in [5.41, 5.74) is 0.476. The zero-order valence-electron chi connectivity index (χ0n) is 14.7. The number of nitrogens with zero attached hydrogens (tertiary/aromatic N) is 1. The highest BCUT2D eigenvalue weighted by molar-refractivity contribution is 5.85. The van der Waals surface area contributed by atoms with Gasteiger partial charge in [-0.05, 0) is 32.6 Å². The highest BCUT2D eigenvalue weighted by Crippen LogP contribution is 2.12. The summed E-state index contributed by atoms with van der Waals surface area (Å²) >= 11 is 0. The molecule has 0 amide bonds. The van der Waals surface area contributed by atoms with Crippen LogP contribution in [-0.2, 0) is 4.79 Å². The lowest BCUT2D eigenvalue weighted by molar-refractivity contribution is -0.870. The first-order valence-electron chi connectivity index (χ1n) is 8.53. The summed E-state index contributed by atoms with van der Waals surface area (Å²) in [7, 11) is 6.77. The van der Waals surface area contributed by atoms with E-state index in [0.717, 1.165) is 17.3 Å². The van der Waals surface area contributed by atoms with Crippen LogP contribution in [0.1, 0.15) is 71.1 Å². The highest BCUT2D eigenvalue weighted by Gasteiger charge is 2.04. The van der Waals surface area contributed by atoms with Crippen molar-refractivity contribution in [3.63, 3.8) is 0 Å². The topological polar surface area (TPSA) is 37.3 Å². The minimum atomic E-state index is -0.791. The molecule has 0 aliphatic carbocycles. The molecule has 0 aromatic heterocycles. The Morgan fingerprint density at radius 2 is 1.29 bits per heavy atom. The number of hydrogen-bond donors (Lipinski definition) is 1. The molecule has 0 saturated heterocycles. The third kappa shape index (κ3) is 15.4. The van der Waals surface area contributed by atoms with Crippen molar-refractivity contribution < 1.29 is 14.4 Å². The number of carboxylic acids is 1. The van der Waals surface area contributed by atoms with Gasteiger partial charge in [0.2, 0.25) is 0 Å². The summed E-state index contributed by atoms with van der Waals surface area (Å²) in [5.74, 6) is -0.791. The lowest BCUT2D eigenvalue weighted by atomic mass is 10.1. The van der Waals surface area contributed by atoms with Gasteiger partial charge in [0.05, 0.1) is 27.7 Å². The molecule has 0 radical (unpaired) electrons. The molecule has 0 aromatic carbocycles. The zero-order valence-corrected chi connectivity index (χ0v) is 14.7. The molecule has 21 heavy (non-hydrogen) atoms. The third-order valence-electron chi connectivity index (χ3n) is 3.82. The summed E-state index contributed by atoms with van der Waals surface area (Å²) in [5, 5.41) is 8.72. The Morgan fingerprint density at radius 3 is 1.71 bits per heavy atom. The number of unbranched alkanes of at least 4 members (excludes halogenated alkanes) is 9. The van der Waals surface area contributed by atoms with Gasteiger partial charge in [0.1, 0.15) is 0 Å². The third-order valence-corrected chi connectivity index (χ3v) is 3.82. The van der Waals surface area contributed by atoms with Gasteiger partial charge in [-0.3, -0.25) is 0 Å². The zero-order chi connectivity index (χ0) is 16.1. The molecule has 0 aliphatic rings. The van der Waals surface area contributed by atoms with Crippen LogP contribution in [0.2, 0.25) is 0 Å². The van der Waals surface area contributed by atoms with E-state index in [2.05, 4.69) is 21.1 Å². The standard InChI is InChI=1S/C18H35NO2/c1-17(18(20)21)15-13-11-9-7-5-6-8-10-12-14-16-19(2,3)4/h15H,5-14,16H2,1-4H3/p+1. The van der Waals surface area contributed by atoms with Crippen LogP contribution in [0.4, 0.5) is 0 Å². The molecule has 0 atom stereocenters. The maximum absolute atomic E-state index is 10.6. The van der Waals surface area contributed by atoms with Crippen LogP contribution >= 0.6 is 0 Å². The van der Waals surface area contributed by atoms with Crippen LogP contribution in [-0.4, -0.2) is 43.2 Å². The summed E-state index contributed by atoms with van der Waals surface area (Å²) in [6.07, 6.45) is 14.5. The second-order valence-corrected chi connectivity index (χ2v) is 7.18. The van der Waals surface area contributed by atoms with E-state index in [9.17, 15) is 4.79 Å². The van der Waals surface area contributed by atoms with E-state index in [1.165, 1.54) is 57.9 Å². The largest absolute Gasteiger partial charge is 0.478 e. The fourth-order valence-corrected chi connectivity index (χ4v) is 2.37. The van der Waals surface area contributed by atoms with Crippen LogP contribution in [0.3, 0.4) is 0 Å². The smallest absolute Gasteiger partial charge is 0.330 e. The monoisotopic (exact) mass is 298 g/mol. The first-order chi connectivity index (χ1) is 9.83. The van der Waals surface area contributed by atoms with E-state index < -0.39 is 5.97 Å². The molecule has 0 aliphatic heterocycles. The highest BCUT2D eigenvalue weighted by atomic mass is 16.4. The molecular formula is C18H36NO2+. The van der Waals surface area contributed by atoms with E-state index in [0.29, 0.717) is 5.57 Å². The Labute approximate surface area is 131 Å². The van der Waals surface area contributed by atoms with Gasteiger partial charge in [-0.25, -0.2) is 4.79 Å². The second-order valence-electron chi connectivity index (χ2n) is 7.18. The number of allylic oxidation sites excluding steroid dienone is 1. The van der Waals surface area contributed by atoms with Crippen LogP contribution in [0, 0.1) is 0 Å². The summed E-state index contributed by atoms with van der Waals surface area (Å²) in [6.45, 7) is 2.95. The molecule has 0 aromatic rings. The van der Waals surface area contributed by atoms with Gasteiger partial charge in [-0.15, -0.1) is 0 Å². The van der Waals surface area contributed by atoms with Crippen molar-refractivity contribution in [2.24, 2.45) is 0 Å². The van der Waals surface area contributed by atoms with Crippen LogP contribution in [0.5, 0.6) is 0 Å². The minimum Gasteiger partial charge on any atom is -0.478 e. The maximum Gasteiger partial charge on any atom is 0.330 e. The number of carboxylic acid groups (broad SMARTS) is 1. The van der Waals surface area contributed by atoms with Gasteiger partial charge in [-0.1, -0.05) is 44.6 Å². The Bertz CT molecular complexity index is 303. The molecule has 0 unspecified atom stereocenters. The van der Waals surface area contributed by atoms with Gasteiger partial charge in [0.15, 0.2) is 0 Å². The Kier molecular flexibility index (Phi) is 11.3. The van der Waals surface area contributed by atoms with E-state index >= 15 is 0 Å². The Balaban J connectivity index is 3.23. The predicted molar refractivity (Wildman–Crippen MR) is 90.5 cm³/mol. The lowest BCUT2D eigenvalue weighted by Crippen LogP contribution is -2.35. The number of carbonyl (C=O) groups is 1. The summed E-state index contributed by atoms with van der Waals surface area (Å²) < 4.78 is 1.08. The van der Waals surface area contributed by atoms with Gasteiger partial charge in [-0.2, -0.15) is 0 Å². The Hall–Kier alpha value is -0.830. The van der Waals surface area contributed by atoms with Gasteiger partial charge in [0.25, 0.3) is 0 Å². The summed E-state index contributed by atoms with van der Waals surface area (Å²) in [4.78, 5) is 10.6. The normalized spacial score (nSPS) is 12.7. The van der Waals surface area contributed by atoms with Crippen molar-refractivity contribution >= 4 is 5.97 Å². The van der Waals surface area contributed by atoms with Crippen molar-refractivity contribution in [2.45, 2.75) is 71.1 Å². The van der Waals surface area contributed by atoms with Crippen LogP contribution in [0.25, 0.3) is 0 Å². The van der Waals surface area contributed by atoms with Crippen molar-refractivity contribution in [3.05, 3.63) is 11.6 Å². The van der Waals surface area contributed by atoms with Gasteiger partial charge >= 0.3 is 5.97 Å². The van der Waals surface area contributed by atoms with Gasteiger partial charge < -0.3 is 9.59 Å². The number of quaternary nitrogens is 1. The fraction of sp³-hybridized carbons (Fsp3) is 0.833. The van der Waals surface area contributed by atoms with E-state index in [4.69, 9.17) is 5.11 Å². The molecule has 0 fully saturated rings. The molecule has 0 bridgehead atoms. The maximum atomic E-state index is 10.6. The fourth-order valence-electron chi connectivity index (χ4n) is 2.37. The van der Waals surface area contributed by atoms with E-state index in [1.54, 1.807) is 6.92 Å². The van der Waals surface area contributed by atoms with Crippen molar-refractivity contribution in [2.75, 3.05) is 27.7 Å². The van der Waals surface area contributed by atoms with E-state index in [1.807, 2.05) is 6.08 Å². The molecule has 124 valence electrons. The molecule has 0 rings (SSSR count). The average Bonchev–Trinajstić information content (AvgIpc) is 2.38. The van der Waals surface area contributed by atoms with Crippen molar-refractivity contribution in [1.82, 2.24) is 0 Å². The molecule has 3 nitrogen and oxygen atoms in total. The molecule has 0 heterocycles. The lowest BCUT2D eigenvalue weighted by Gasteiger charge is -2.23. The van der Waals surface area contributed by atoms with Crippen molar-refractivity contribution in [1.29, 1.82) is 0 Å². The average molecular weight is 298 g/mol. The first-order valence-corrected chi connectivity index (χ1v) is 8.53. The summed E-state index contributed by atoms with van der Waals surface area (Å²) in [6, 6.07) is 0. The first kappa shape index (κ1) is 20.2. The van der Waals surface area contributed by atoms with Gasteiger partial charge in [0, 0.05) is 5.57 Å². The predicted octanol–water partition coefficient (Wildman–Crippen LogP) is 4.62. The number of rotatable bonds is 13. The second kappa shape index (κ2) is 11.8. The molecule has 0 spiro atoms. The number of hydrogen-bond acceptors (Lipinski definition) is 1. The van der Waals surface area contributed by atoms with Crippen molar-refractivity contribution in [3.8, 4) is 0 Å². The van der Waals surface area contributed by atoms with Crippen LogP contribution in [0.15, 0.2) is 11.6 Å². The molecular weight excluding hydrogens is 262 g/mol. The molecule has 0 saturated carbocycles. The quantitative estimate of drug-likeness (QED) is 0.306. The minimum absolute atomic E-state index is 0.476. The molecule has 1 N–H and O–H groups in total. The number of aliphatic carboxylic acids is 1.